The summed E-state index contributed by atoms with van der Waals surface area (Å²) in [5, 5.41) is -0.601. The minimum atomic E-state index is -1.20. The molecule has 5 nitrogen and oxygen atoms in total. The second kappa shape index (κ2) is 5.50. The number of halogens is 2. The minimum absolute atomic E-state index is 0.0000448. The molecular weight excluding hydrogens is 287 g/mol. The van der Waals surface area contributed by atoms with E-state index in [-0.39, 0.29) is 11.8 Å². The fourth-order valence-electron chi connectivity index (χ4n) is 1.67. The van der Waals surface area contributed by atoms with Crippen LogP contribution in [0.5, 0.6) is 5.75 Å². The van der Waals surface area contributed by atoms with E-state index in [1.54, 1.807) is 12.1 Å². The molecule has 0 amide bonds. The number of ether oxygens (including phenoxy) is 1. The number of aromatic nitrogens is 2. The van der Waals surface area contributed by atoms with Crippen molar-refractivity contribution in [3.8, 4) is 11.4 Å². The topological polar surface area (TPSA) is 64.1 Å². The zero-order chi connectivity index (χ0) is 14.9. The number of benzene rings is 1. The summed E-state index contributed by atoms with van der Waals surface area (Å²) >= 11 is 5.40. The smallest absolute Gasteiger partial charge is 0.334 e. The van der Waals surface area contributed by atoms with Crippen LogP contribution in [0, 0.1) is 5.82 Å². The highest BCUT2D eigenvalue weighted by atomic mass is 35.5. The van der Waals surface area contributed by atoms with Gasteiger partial charge in [-0.25, -0.2) is 9.36 Å². The molecule has 0 aliphatic carbocycles. The largest absolute Gasteiger partial charge is 0.491 e. The molecule has 0 saturated carbocycles. The SMILES string of the molecule is CC(C)Oc1ccc(-n2c(=O)[nH]c(Cl)c(F)c2=O)cc1. The third-order valence-corrected chi connectivity index (χ3v) is 2.73. The third kappa shape index (κ3) is 2.75. The van der Waals surface area contributed by atoms with Crippen molar-refractivity contribution in [1.29, 1.82) is 0 Å². The van der Waals surface area contributed by atoms with Gasteiger partial charge in [0.2, 0.25) is 5.82 Å². The predicted molar refractivity (Wildman–Crippen MR) is 73.4 cm³/mol. The zero-order valence-electron chi connectivity index (χ0n) is 10.8. The molecule has 1 N–H and O–H groups in total. The second-order valence-electron chi connectivity index (χ2n) is 4.36. The molecule has 0 saturated heterocycles. The van der Waals surface area contributed by atoms with Gasteiger partial charge in [-0.05, 0) is 38.1 Å². The number of aromatic amines is 1. The standard InChI is InChI=1S/C13H12ClFN2O3/c1-7(2)20-9-5-3-8(4-6-9)17-12(18)10(15)11(14)16-13(17)19/h3-7H,1-2H3,(H,16,19). The van der Waals surface area contributed by atoms with Crippen molar-refractivity contribution in [2.75, 3.05) is 0 Å². The fraction of sp³-hybridized carbons (Fsp3) is 0.231. The van der Waals surface area contributed by atoms with Crippen LogP contribution in [0.4, 0.5) is 4.39 Å². The highest BCUT2D eigenvalue weighted by Crippen LogP contribution is 2.15. The molecule has 1 heterocycles. The average molecular weight is 299 g/mol. The molecule has 0 bridgehead atoms. The van der Waals surface area contributed by atoms with E-state index in [0.717, 1.165) is 0 Å². The molecule has 0 atom stereocenters. The molecule has 1 aromatic heterocycles. The molecule has 20 heavy (non-hydrogen) atoms. The molecule has 0 aliphatic heterocycles. The van der Waals surface area contributed by atoms with Crippen molar-refractivity contribution in [3.63, 3.8) is 0 Å². The van der Waals surface area contributed by atoms with Gasteiger partial charge in [0.05, 0.1) is 11.8 Å². The number of hydrogen-bond donors (Lipinski definition) is 1. The van der Waals surface area contributed by atoms with E-state index >= 15 is 0 Å². The maximum absolute atomic E-state index is 13.4. The molecule has 0 aliphatic rings. The van der Waals surface area contributed by atoms with Crippen molar-refractivity contribution < 1.29 is 9.13 Å². The van der Waals surface area contributed by atoms with Gasteiger partial charge in [-0.3, -0.25) is 9.78 Å². The van der Waals surface area contributed by atoms with Crippen LogP contribution in [-0.4, -0.2) is 15.7 Å². The Morgan fingerprint density at radius 3 is 2.40 bits per heavy atom. The van der Waals surface area contributed by atoms with Crippen LogP contribution in [-0.2, 0) is 0 Å². The Kier molecular flexibility index (Phi) is 3.94. The summed E-state index contributed by atoms with van der Waals surface area (Å²) in [5.41, 5.74) is -1.68. The van der Waals surface area contributed by atoms with Crippen LogP contribution < -0.4 is 16.0 Å². The van der Waals surface area contributed by atoms with Gasteiger partial charge in [0.15, 0.2) is 5.15 Å². The molecule has 106 valence electrons. The summed E-state index contributed by atoms with van der Waals surface area (Å²) in [6, 6.07) is 6.16. The first kappa shape index (κ1) is 14.3. The van der Waals surface area contributed by atoms with Gasteiger partial charge in [0, 0.05) is 0 Å². The Morgan fingerprint density at radius 2 is 1.85 bits per heavy atom. The zero-order valence-corrected chi connectivity index (χ0v) is 11.6. The number of hydrogen-bond acceptors (Lipinski definition) is 3. The van der Waals surface area contributed by atoms with Gasteiger partial charge in [-0.2, -0.15) is 4.39 Å². The monoisotopic (exact) mass is 298 g/mol. The first-order chi connectivity index (χ1) is 9.40. The lowest BCUT2D eigenvalue weighted by Crippen LogP contribution is -2.35. The second-order valence-corrected chi connectivity index (χ2v) is 4.74. The van der Waals surface area contributed by atoms with E-state index in [1.807, 2.05) is 13.8 Å². The molecule has 0 radical (unpaired) electrons. The van der Waals surface area contributed by atoms with Crippen molar-refractivity contribution in [2.45, 2.75) is 20.0 Å². The summed E-state index contributed by atoms with van der Waals surface area (Å²) in [4.78, 5) is 25.5. The minimum Gasteiger partial charge on any atom is -0.491 e. The summed E-state index contributed by atoms with van der Waals surface area (Å²) < 4.78 is 19.6. The molecule has 1 aromatic carbocycles. The Labute approximate surface area is 118 Å². The molecule has 2 aromatic rings. The summed E-state index contributed by atoms with van der Waals surface area (Å²) in [6.45, 7) is 3.75. The van der Waals surface area contributed by atoms with Gasteiger partial charge in [0.25, 0.3) is 5.56 Å². The summed E-state index contributed by atoms with van der Waals surface area (Å²) in [6.07, 6.45) is -0.0000448. The predicted octanol–water partition coefficient (Wildman–Crippen LogP) is 2.11. The third-order valence-electron chi connectivity index (χ3n) is 2.47. The maximum Gasteiger partial charge on any atom is 0.334 e. The van der Waals surface area contributed by atoms with E-state index < -0.39 is 22.2 Å². The fourth-order valence-corrected chi connectivity index (χ4v) is 1.83. The molecule has 0 unspecified atom stereocenters. The van der Waals surface area contributed by atoms with Crippen molar-refractivity contribution >= 4 is 11.6 Å². The van der Waals surface area contributed by atoms with Crippen LogP contribution in [0.25, 0.3) is 5.69 Å². The van der Waals surface area contributed by atoms with E-state index in [2.05, 4.69) is 4.98 Å². The van der Waals surface area contributed by atoms with Crippen LogP contribution in [0.1, 0.15) is 13.8 Å². The highest BCUT2D eigenvalue weighted by molar-refractivity contribution is 6.29. The van der Waals surface area contributed by atoms with Crippen LogP contribution in [0.3, 0.4) is 0 Å². The first-order valence-corrected chi connectivity index (χ1v) is 6.25. The summed E-state index contributed by atoms with van der Waals surface area (Å²) in [5.74, 6) is -0.614. The van der Waals surface area contributed by atoms with Gasteiger partial charge in [0.1, 0.15) is 5.75 Å². The Hall–Kier alpha value is -2.08. The molecule has 0 fully saturated rings. The molecular formula is C13H12ClFN2O3. The number of nitrogens with zero attached hydrogens (tertiary/aromatic N) is 1. The molecule has 7 heteroatoms. The summed E-state index contributed by atoms with van der Waals surface area (Å²) in [7, 11) is 0. The van der Waals surface area contributed by atoms with Crippen molar-refractivity contribution in [3.05, 3.63) is 56.1 Å². The quantitative estimate of drug-likeness (QED) is 0.883. The van der Waals surface area contributed by atoms with Crippen LogP contribution >= 0.6 is 11.6 Å². The lowest BCUT2D eigenvalue weighted by atomic mass is 10.3. The van der Waals surface area contributed by atoms with Crippen molar-refractivity contribution in [1.82, 2.24) is 9.55 Å². The lowest BCUT2D eigenvalue weighted by molar-refractivity contribution is 0.242. The molecule has 2 rings (SSSR count). The highest BCUT2D eigenvalue weighted by Gasteiger charge is 2.13. The van der Waals surface area contributed by atoms with Gasteiger partial charge < -0.3 is 4.74 Å². The first-order valence-electron chi connectivity index (χ1n) is 5.87. The number of nitrogens with one attached hydrogen (secondary N) is 1. The Morgan fingerprint density at radius 1 is 1.25 bits per heavy atom. The van der Waals surface area contributed by atoms with E-state index in [4.69, 9.17) is 16.3 Å². The van der Waals surface area contributed by atoms with E-state index in [0.29, 0.717) is 10.3 Å². The number of rotatable bonds is 3. The van der Waals surface area contributed by atoms with Crippen LogP contribution in [0.2, 0.25) is 5.15 Å². The van der Waals surface area contributed by atoms with E-state index in [1.165, 1.54) is 12.1 Å². The lowest BCUT2D eigenvalue weighted by Gasteiger charge is -2.10. The van der Waals surface area contributed by atoms with Gasteiger partial charge >= 0.3 is 5.69 Å². The maximum atomic E-state index is 13.4. The van der Waals surface area contributed by atoms with Gasteiger partial charge in [-0.15, -0.1) is 0 Å². The molecule has 0 spiro atoms. The average Bonchev–Trinajstić information content (AvgIpc) is 2.37. The normalized spacial score (nSPS) is 10.8. The number of H-pyrrole nitrogens is 1. The van der Waals surface area contributed by atoms with Crippen molar-refractivity contribution in [2.24, 2.45) is 0 Å². The van der Waals surface area contributed by atoms with E-state index in [9.17, 15) is 14.0 Å². The van der Waals surface area contributed by atoms with Gasteiger partial charge in [-0.1, -0.05) is 11.6 Å². The Bertz CT molecular complexity index is 735. The van der Waals surface area contributed by atoms with Crippen LogP contribution in [0.15, 0.2) is 33.9 Å². The Balaban J connectivity index is 2.50.